The number of hydrogen-bond donors (Lipinski definition) is 1. The van der Waals surface area contributed by atoms with E-state index in [2.05, 4.69) is 11.4 Å². The number of benzene rings is 1. The second-order valence-electron chi connectivity index (χ2n) is 3.85. The predicted octanol–water partition coefficient (Wildman–Crippen LogP) is 2.63. The zero-order valence-electron chi connectivity index (χ0n) is 9.77. The quantitative estimate of drug-likeness (QED) is 0.875. The Hall–Kier alpha value is -2.03. The molecule has 1 N–H and O–H groups in total. The van der Waals surface area contributed by atoms with Crippen molar-refractivity contribution in [3.05, 3.63) is 48.2 Å². The van der Waals surface area contributed by atoms with Gasteiger partial charge in [-0.3, -0.25) is 4.79 Å². The van der Waals surface area contributed by atoms with E-state index in [1.165, 1.54) is 0 Å². The third-order valence-electron chi connectivity index (χ3n) is 2.65. The van der Waals surface area contributed by atoms with Crippen LogP contribution in [0.2, 0.25) is 0 Å². The van der Waals surface area contributed by atoms with Gasteiger partial charge in [-0.15, -0.1) is 0 Å². The van der Waals surface area contributed by atoms with Crippen molar-refractivity contribution in [2.24, 2.45) is 0 Å². The highest BCUT2D eigenvalue weighted by molar-refractivity contribution is 5.75. The molecule has 2 rings (SSSR count). The summed E-state index contributed by atoms with van der Waals surface area (Å²) in [5, 5.41) is 2.62. The van der Waals surface area contributed by atoms with Crippen molar-refractivity contribution in [2.45, 2.75) is 12.8 Å². The zero-order valence-corrected chi connectivity index (χ0v) is 9.77. The lowest BCUT2D eigenvalue weighted by Crippen LogP contribution is -2.17. The second kappa shape index (κ2) is 5.34. The number of hydrogen-bond acceptors (Lipinski definition) is 2. The van der Waals surface area contributed by atoms with Crippen LogP contribution in [0.4, 0.5) is 0 Å². The number of furan rings is 1. The van der Waals surface area contributed by atoms with Gasteiger partial charge in [0.1, 0.15) is 5.76 Å². The van der Waals surface area contributed by atoms with Crippen LogP contribution in [0.3, 0.4) is 0 Å². The predicted molar refractivity (Wildman–Crippen MR) is 66.5 cm³/mol. The molecule has 2 aromatic rings. The van der Waals surface area contributed by atoms with Crippen LogP contribution in [0.1, 0.15) is 12.0 Å². The topological polar surface area (TPSA) is 42.2 Å². The van der Waals surface area contributed by atoms with Gasteiger partial charge in [0.15, 0.2) is 0 Å². The number of rotatable bonds is 4. The Morgan fingerprint density at radius 3 is 2.88 bits per heavy atom. The van der Waals surface area contributed by atoms with Crippen LogP contribution in [0, 0.1) is 0 Å². The summed E-state index contributed by atoms with van der Waals surface area (Å²) >= 11 is 0. The fraction of sp³-hybridized carbons (Fsp3) is 0.214. The average Bonchev–Trinajstić information content (AvgIpc) is 2.90. The molecule has 0 aliphatic rings. The maximum Gasteiger partial charge on any atom is 0.220 e. The second-order valence-corrected chi connectivity index (χ2v) is 3.85. The van der Waals surface area contributed by atoms with Crippen molar-refractivity contribution < 1.29 is 9.21 Å². The molecule has 1 heterocycles. The van der Waals surface area contributed by atoms with Crippen molar-refractivity contribution >= 4 is 5.91 Å². The minimum absolute atomic E-state index is 0.0633. The van der Waals surface area contributed by atoms with Crippen LogP contribution in [0.25, 0.3) is 11.3 Å². The summed E-state index contributed by atoms with van der Waals surface area (Å²) in [7, 11) is 1.65. The molecule has 0 unspecified atom stereocenters. The van der Waals surface area contributed by atoms with Gasteiger partial charge in [0.05, 0.1) is 6.26 Å². The van der Waals surface area contributed by atoms with Gasteiger partial charge in [-0.1, -0.05) is 18.2 Å². The number of carbonyl (C=O) groups excluding carboxylic acids is 1. The van der Waals surface area contributed by atoms with E-state index in [9.17, 15) is 4.79 Å². The minimum atomic E-state index is 0.0633. The van der Waals surface area contributed by atoms with Crippen LogP contribution in [-0.4, -0.2) is 13.0 Å². The first-order valence-electron chi connectivity index (χ1n) is 5.63. The molecule has 3 heteroatoms. The molecule has 3 nitrogen and oxygen atoms in total. The lowest BCUT2D eigenvalue weighted by Gasteiger charge is -2.03. The summed E-state index contributed by atoms with van der Waals surface area (Å²) in [6, 6.07) is 11.9. The molecule has 88 valence electrons. The molecule has 1 aromatic heterocycles. The fourth-order valence-electron chi connectivity index (χ4n) is 1.71. The third-order valence-corrected chi connectivity index (χ3v) is 2.65. The van der Waals surface area contributed by atoms with Gasteiger partial charge in [-0.05, 0) is 30.2 Å². The monoisotopic (exact) mass is 229 g/mol. The van der Waals surface area contributed by atoms with Crippen LogP contribution in [0.5, 0.6) is 0 Å². The lowest BCUT2D eigenvalue weighted by atomic mass is 10.0. The SMILES string of the molecule is CNC(=O)CCc1cccc(-c2ccco2)c1. The van der Waals surface area contributed by atoms with E-state index >= 15 is 0 Å². The van der Waals surface area contributed by atoms with Crippen LogP contribution in [-0.2, 0) is 11.2 Å². The molecule has 1 aromatic carbocycles. The van der Waals surface area contributed by atoms with Crippen molar-refractivity contribution in [1.29, 1.82) is 0 Å². The zero-order chi connectivity index (χ0) is 12.1. The van der Waals surface area contributed by atoms with Crippen molar-refractivity contribution in [3.63, 3.8) is 0 Å². The normalized spacial score (nSPS) is 10.2. The molecule has 0 atom stereocenters. The molecule has 0 aliphatic heterocycles. The molecule has 17 heavy (non-hydrogen) atoms. The minimum Gasteiger partial charge on any atom is -0.464 e. The number of nitrogens with one attached hydrogen (secondary N) is 1. The van der Waals surface area contributed by atoms with E-state index < -0.39 is 0 Å². The highest BCUT2D eigenvalue weighted by atomic mass is 16.3. The first-order valence-corrected chi connectivity index (χ1v) is 5.63. The third kappa shape index (κ3) is 2.97. The lowest BCUT2D eigenvalue weighted by molar-refractivity contribution is -0.120. The van der Waals surface area contributed by atoms with E-state index in [1.54, 1.807) is 13.3 Å². The highest BCUT2D eigenvalue weighted by Gasteiger charge is 2.03. The molecule has 0 saturated carbocycles. The van der Waals surface area contributed by atoms with E-state index in [4.69, 9.17) is 4.42 Å². The summed E-state index contributed by atoms with van der Waals surface area (Å²) in [5.41, 5.74) is 2.19. The smallest absolute Gasteiger partial charge is 0.220 e. The summed E-state index contributed by atoms with van der Waals surface area (Å²) in [5.74, 6) is 0.917. The first-order chi connectivity index (χ1) is 8.29. The van der Waals surface area contributed by atoms with Gasteiger partial charge in [-0.25, -0.2) is 0 Å². The molecule has 0 saturated heterocycles. The molecule has 0 radical (unpaired) electrons. The maximum absolute atomic E-state index is 11.2. The Labute approximate surface area is 100 Å². The fourth-order valence-corrected chi connectivity index (χ4v) is 1.71. The maximum atomic E-state index is 11.2. The van der Waals surface area contributed by atoms with Gasteiger partial charge in [0.25, 0.3) is 0 Å². The highest BCUT2D eigenvalue weighted by Crippen LogP contribution is 2.21. The number of aryl methyl sites for hydroxylation is 1. The van der Waals surface area contributed by atoms with Crippen molar-refractivity contribution in [3.8, 4) is 11.3 Å². The first kappa shape index (κ1) is 11.5. The van der Waals surface area contributed by atoms with Gasteiger partial charge < -0.3 is 9.73 Å². The summed E-state index contributed by atoms with van der Waals surface area (Å²) in [4.78, 5) is 11.2. The Kier molecular flexibility index (Phi) is 3.60. The summed E-state index contributed by atoms with van der Waals surface area (Å²) in [6.07, 6.45) is 2.92. The largest absolute Gasteiger partial charge is 0.464 e. The Balaban J connectivity index is 2.09. The standard InChI is InChI=1S/C14H15NO2/c1-15-14(16)8-7-11-4-2-5-12(10-11)13-6-3-9-17-13/h2-6,9-10H,7-8H2,1H3,(H,15,16). The van der Waals surface area contributed by atoms with Crippen LogP contribution >= 0.6 is 0 Å². The molecule has 0 bridgehead atoms. The van der Waals surface area contributed by atoms with E-state index in [-0.39, 0.29) is 5.91 Å². The van der Waals surface area contributed by atoms with Crippen molar-refractivity contribution in [2.75, 3.05) is 7.05 Å². The van der Waals surface area contributed by atoms with E-state index in [0.717, 1.165) is 23.3 Å². The molecule has 0 aliphatic carbocycles. The number of amides is 1. The average molecular weight is 229 g/mol. The molecular weight excluding hydrogens is 214 g/mol. The van der Waals surface area contributed by atoms with Gasteiger partial charge in [-0.2, -0.15) is 0 Å². The van der Waals surface area contributed by atoms with E-state index in [0.29, 0.717) is 6.42 Å². The van der Waals surface area contributed by atoms with E-state index in [1.807, 2.05) is 30.3 Å². The molecule has 0 spiro atoms. The Morgan fingerprint density at radius 2 is 2.18 bits per heavy atom. The van der Waals surface area contributed by atoms with Crippen LogP contribution in [0.15, 0.2) is 47.1 Å². The molecule has 1 amide bonds. The van der Waals surface area contributed by atoms with Gasteiger partial charge >= 0.3 is 0 Å². The summed E-state index contributed by atoms with van der Waals surface area (Å²) < 4.78 is 5.34. The number of carbonyl (C=O) groups is 1. The molecular formula is C14H15NO2. The Bertz CT molecular complexity index is 489. The Morgan fingerprint density at radius 1 is 1.29 bits per heavy atom. The summed E-state index contributed by atoms with van der Waals surface area (Å²) in [6.45, 7) is 0. The van der Waals surface area contributed by atoms with Gasteiger partial charge in [0, 0.05) is 19.0 Å². The molecule has 0 fully saturated rings. The van der Waals surface area contributed by atoms with Crippen molar-refractivity contribution in [1.82, 2.24) is 5.32 Å². The van der Waals surface area contributed by atoms with Gasteiger partial charge in [0.2, 0.25) is 5.91 Å². The van der Waals surface area contributed by atoms with Crippen LogP contribution < -0.4 is 5.32 Å².